The number of rotatable bonds is 14. The summed E-state index contributed by atoms with van der Waals surface area (Å²) in [6.45, 7) is 10.7. The molecule has 2 aliphatic carbocycles. The first kappa shape index (κ1) is 78.4. The van der Waals surface area contributed by atoms with E-state index >= 15 is 0 Å². The lowest BCUT2D eigenvalue weighted by Gasteiger charge is -2.34. The third-order valence-electron chi connectivity index (χ3n) is 29.6. The molecule has 0 N–H and O–H groups in total. The SMILES string of the molecule is Cc1ccc(C2(c3ccc(Cc4ccc5c(c4)nc(-c4ccccc4)n5-c4cccc5c(-c6cccc7c6-c6ccccc6C7(c6ccc(C)cc6)c6ccc(C)cc6)c6cccc(-n7c(-c8ccccc8)nc8ccccc87)c6cc45)cc3)c3ccccc3-c3c(-c4c5cccc(-c6ccc7nc(C)n(C)c7c6)c5cc5c(-c6ccc7nc(C)n(C)c7c6)cccc45)cccc32)cc1. The van der Waals surface area contributed by atoms with Gasteiger partial charge in [-0.3, -0.25) is 9.13 Å². The second-order valence-corrected chi connectivity index (χ2v) is 37.0. The van der Waals surface area contributed by atoms with E-state index in [1.54, 1.807) is 0 Å². The topological polar surface area (TPSA) is 71.3 Å². The Hall–Kier alpha value is -16.7. The van der Waals surface area contributed by atoms with Crippen molar-refractivity contribution in [1.29, 1.82) is 0 Å². The van der Waals surface area contributed by atoms with Crippen LogP contribution in [-0.4, -0.2) is 38.2 Å². The van der Waals surface area contributed by atoms with Crippen LogP contribution in [-0.2, 0) is 31.3 Å². The van der Waals surface area contributed by atoms with Crippen LogP contribution in [0.3, 0.4) is 0 Å². The number of nitrogens with zero attached hydrogens (tertiary/aromatic N) is 8. The van der Waals surface area contributed by atoms with Gasteiger partial charge < -0.3 is 9.13 Å². The third kappa shape index (κ3) is 11.7. The number of para-hydroxylation sites is 2. The number of benzene rings is 20. The number of aryl methyl sites for hydroxylation is 7. The van der Waals surface area contributed by atoms with Crippen molar-refractivity contribution in [2.45, 2.75) is 51.9 Å². The maximum atomic E-state index is 5.83. The average molecular weight is 1720 g/mol. The molecule has 24 aromatic rings. The van der Waals surface area contributed by atoms with Crippen molar-refractivity contribution in [3.63, 3.8) is 0 Å². The Balaban J connectivity index is 0.643. The molecule has 4 heterocycles. The summed E-state index contributed by atoms with van der Waals surface area (Å²) in [4.78, 5) is 21.2. The molecule has 1 unspecified atom stereocenters. The Morgan fingerprint density at radius 3 is 1.06 bits per heavy atom. The van der Waals surface area contributed by atoms with Crippen molar-refractivity contribution in [3.05, 3.63) is 490 Å². The maximum Gasteiger partial charge on any atom is 0.145 e. The molecular weight excluding hydrogens is 1630 g/mol. The summed E-state index contributed by atoms with van der Waals surface area (Å²) in [5.41, 5.74) is 41.1. The Morgan fingerprint density at radius 2 is 0.582 bits per heavy atom. The van der Waals surface area contributed by atoms with Gasteiger partial charge in [0.05, 0.1) is 66.3 Å². The Kier molecular flexibility index (Phi) is 17.7. The highest BCUT2D eigenvalue weighted by atomic mass is 15.1. The Morgan fingerprint density at radius 1 is 0.224 bits per heavy atom. The quantitative estimate of drug-likeness (QED) is 0.102. The monoisotopic (exact) mass is 1710 g/mol. The molecule has 0 radical (unpaired) electrons. The highest BCUT2D eigenvalue weighted by molar-refractivity contribution is 6.23. The van der Waals surface area contributed by atoms with E-state index in [1.165, 1.54) is 144 Å². The summed E-state index contributed by atoms with van der Waals surface area (Å²) >= 11 is 0. The first-order valence-electron chi connectivity index (χ1n) is 46.5. The number of hydrogen-bond donors (Lipinski definition) is 0. The van der Waals surface area contributed by atoms with Crippen molar-refractivity contribution in [1.82, 2.24) is 38.2 Å². The van der Waals surface area contributed by atoms with Gasteiger partial charge in [0.2, 0.25) is 0 Å². The molecule has 8 nitrogen and oxygen atoms in total. The highest BCUT2D eigenvalue weighted by Gasteiger charge is 2.49. The smallest absolute Gasteiger partial charge is 0.145 e. The van der Waals surface area contributed by atoms with Crippen molar-refractivity contribution in [2.75, 3.05) is 0 Å². The van der Waals surface area contributed by atoms with Gasteiger partial charge in [-0.1, -0.05) is 350 Å². The van der Waals surface area contributed by atoms with Crippen LogP contribution in [0, 0.1) is 34.6 Å². The van der Waals surface area contributed by atoms with Crippen LogP contribution in [0.2, 0.25) is 0 Å². The number of aromatic nitrogens is 8. The van der Waals surface area contributed by atoms with E-state index in [9.17, 15) is 0 Å². The molecule has 26 rings (SSSR count). The lowest BCUT2D eigenvalue weighted by atomic mass is 9.67. The fourth-order valence-corrected chi connectivity index (χ4v) is 23.2. The zero-order valence-corrected chi connectivity index (χ0v) is 75.5. The summed E-state index contributed by atoms with van der Waals surface area (Å²) in [6.07, 6.45) is 0.682. The zero-order valence-electron chi connectivity index (χ0n) is 75.5. The van der Waals surface area contributed by atoms with Crippen LogP contribution in [0.4, 0.5) is 0 Å². The Bertz CT molecular complexity index is 8830. The van der Waals surface area contributed by atoms with Gasteiger partial charge in [-0.2, -0.15) is 0 Å². The summed E-state index contributed by atoms with van der Waals surface area (Å²) in [5.74, 6) is 3.71. The second kappa shape index (κ2) is 30.2. The molecule has 8 heteroatoms. The molecule has 4 aromatic heterocycles. The van der Waals surface area contributed by atoms with Crippen LogP contribution in [0.5, 0.6) is 0 Å². The first-order chi connectivity index (χ1) is 65.8. The van der Waals surface area contributed by atoms with E-state index in [2.05, 4.69) is 473 Å². The number of fused-ring (bicyclic) bond motifs is 14. The highest BCUT2D eigenvalue weighted by Crippen LogP contribution is 2.63. The van der Waals surface area contributed by atoms with Crippen molar-refractivity contribution in [2.24, 2.45) is 14.1 Å². The summed E-state index contributed by atoms with van der Waals surface area (Å²) < 4.78 is 9.25. The summed E-state index contributed by atoms with van der Waals surface area (Å²) in [6, 6.07) is 154. The van der Waals surface area contributed by atoms with E-state index in [0.717, 1.165) is 128 Å². The van der Waals surface area contributed by atoms with Gasteiger partial charge in [0, 0.05) is 36.0 Å². The predicted molar refractivity (Wildman–Crippen MR) is 554 cm³/mol. The van der Waals surface area contributed by atoms with Crippen LogP contribution in [0.25, 0.3) is 188 Å². The van der Waals surface area contributed by atoms with Crippen molar-refractivity contribution >= 4 is 87.2 Å². The molecule has 634 valence electrons. The van der Waals surface area contributed by atoms with E-state index in [0.29, 0.717) is 6.42 Å². The first-order valence-corrected chi connectivity index (χ1v) is 46.5. The number of hydrogen-bond acceptors (Lipinski definition) is 4. The maximum absolute atomic E-state index is 5.83. The van der Waals surface area contributed by atoms with Gasteiger partial charge in [-0.25, -0.2) is 19.9 Å². The molecule has 0 saturated heterocycles. The summed E-state index contributed by atoms with van der Waals surface area (Å²) in [5, 5.41) is 9.22. The van der Waals surface area contributed by atoms with Crippen LogP contribution < -0.4 is 0 Å². The molecule has 20 aromatic carbocycles. The van der Waals surface area contributed by atoms with E-state index in [4.69, 9.17) is 19.9 Å². The van der Waals surface area contributed by atoms with Gasteiger partial charge in [-0.05, 0) is 269 Å². The molecule has 0 saturated carbocycles. The van der Waals surface area contributed by atoms with Crippen LogP contribution >= 0.6 is 0 Å². The van der Waals surface area contributed by atoms with Gasteiger partial charge in [0.15, 0.2) is 0 Å². The fraction of sp³-hybridized carbons (Fsp3) is 0.0794. The van der Waals surface area contributed by atoms with Crippen molar-refractivity contribution in [3.8, 4) is 101 Å². The number of imidazole rings is 4. The average Bonchev–Trinajstić information content (AvgIpc) is 1.52. The minimum Gasteiger partial charge on any atom is -0.331 e. The van der Waals surface area contributed by atoms with Crippen LogP contribution in [0.1, 0.15) is 84.0 Å². The lowest BCUT2D eigenvalue weighted by molar-refractivity contribution is 0.767. The standard InChI is InChI=1S/C126H90N8/c1-76-48-59-87(60-49-76)125(88-61-50-77(2)51-62-88)105-40-16-14-30-97(105)122-100(39-23-42-107(122)125)120-95-36-24-46-113(133-115-45-19-18-44-109(115)129-123(133)83-26-10-8-11-27-83)103(95)75-104-96(120)37-25-47-114(104)134-116-69-56-82(71-112(116)130-124(134)84-28-12-9-13-29-84)70-81-54-65-90(66-55-81)126(89-63-52-78(3)53-64-89)106-41-17-15-31-98(106)121-99(38-22-43-108(121)126)119-93-34-20-32-91(85-57-67-110-117(72-85)131(6)79(4)127-110)101(93)74-102-92(33-21-35-94(102)119)86-58-68-111-118(73-86)132(7)80(5)128-111/h8-69,71-75H,70H2,1-7H3. The van der Waals surface area contributed by atoms with Gasteiger partial charge in [0.25, 0.3) is 0 Å². The molecule has 0 bridgehead atoms. The minimum atomic E-state index is -0.714. The third-order valence-corrected chi connectivity index (χ3v) is 29.6. The van der Waals surface area contributed by atoms with Gasteiger partial charge in [0.1, 0.15) is 23.3 Å². The van der Waals surface area contributed by atoms with E-state index < -0.39 is 10.8 Å². The second-order valence-electron chi connectivity index (χ2n) is 37.0. The fourth-order valence-electron chi connectivity index (χ4n) is 23.2. The molecule has 0 aliphatic heterocycles. The minimum absolute atomic E-state index is 0.638. The Labute approximate surface area is 777 Å². The van der Waals surface area contributed by atoms with Gasteiger partial charge >= 0.3 is 0 Å². The van der Waals surface area contributed by atoms with Crippen molar-refractivity contribution < 1.29 is 0 Å². The van der Waals surface area contributed by atoms with Crippen LogP contribution in [0.15, 0.2) is 406 Å². The molecule has 134 heavy (non-hydrogen) atoms. The zero-order chi connectivity index (χ0) is 89.5. The normalized spacial score (nSPS) is 13.8. The van der Waals surface area contributed by atoms with E-state index in [1.807, 2.05) is 0 Å². The predicted octanol–water partition coefficient (Wildman–Crippen LogP) is 30.6. The van der Waals surface area contributed by atoms with Gasteiger partial charge in [-0.15, -0.1) is 0 Å². The molecule has 1 atom stereocenters. The molecule has 0 spiro atoms. The van der Waals surface area contributed by atoms with E-state index in [-0.39, 0.29) is 0 Å². The molecule has 0 amide bonds. The molecular formula is C126H90N8. The summed E-state index contributed by atoms with van der Waals surface area (Å²) in [7, 11) is 4.24. The lowest BCUT2D eigenvalue weighted by Crippen LogP contribution is -2.28. The largest absolute Gasteiger partial charge is 0.331 e. The molecule has 0 fully saturated rings. The molecule has 2 aliphatic rings.